The van der Waals surface area contributed by atoms with Gasteiger partial charge in [-0.05, 0) is 113 Å². The summed E-state index contributed by atoms with van der Waals surface area (Å²) in [7, 11) is 3.23. The predicted octanol–water partition coefficient (Wildman–Crippen LogP) is 9.17. The Balaban J connectivity index is 0.000000191. The molecule has 6 heterocycles. The first-order chi connectivity index (χ1) is 30.7. The molecular formula is C48H50Cl2N8O6. The third-order valence-corrected chi connectivity index (χ3v) is 11.2. The lowest BCUT2D eigenvalue weighted by atomic mass is 10.1. The maximum absolute atomic E-state index is 13.2. The molecule has 2 saturated heterocycles. The van der Waals surface area contributed by atoms with Gasteiger partial charge in [0.25, 0.3) is 11.8 Å². The zero-order chi connectivity index (χ0) is 45.7. The van der Waals surface area contributed by atoms with Crippen LogP contribution in [-0.4, -0.2) is 90.2 Å². The van der Waals surface area contributed by atoms with Crippen molar-refractivity contribution in [2.24, 2.45) is 0 Å². The Kier molecular flexibility index (Phi) is 14.1. The van der Waals surface area contributed by atoms with Crippen molar-refractivity contribution in [2.45, 2.75) is 65.8 Å². The van der Waals surface area contributed by atoms with Crippen molar-refractivity contribution in [3.63, 3.8) is 0 Å². The summed E-state index contributed by atoms with van der Waals surface area (Å²) in [5, 5.41) is 1.12. The van der Waals surface area contributed by atoms with Gasteiger partial charge in [0.05, 0.1) is 96.2 Å². The van der Waals surface area contributed by atoms with Gasteiger partial charge in [0.1, 0.15) is 23.7 Å². The SMILES string of the molecule is COc1cc(/C=C2\O[C@@H](C)CN([C@@H](C)c3ccc(Cl)cn3)C2=O)ccc1-n1cnc(C)c1.COc1cc(/C=C2\O[C@@H](C)CN([C@H](C)c3ccc(Cl)cn3)C2=O)ccc1-n1cnc(C)c1. The number of morpholine rings is 2. The van der Waals surface area contributed by atoms with Crippen molar-refractivity contribution in [1.29, 1.82) is 0 Å². The Hall–Kier alpha value is -6.64. The second kappa shape index (κ2) is 19.8. The van der Waals surface area contributed by atoms with E-state index in [1.807, 2.05) is 112 Å². The first-order valence-electron chi connectivity index (χ1n) is 20.7. The van der Waals surface area contributed by atoms with Gasteiger partial charge in [0, 0.05) is 24.8 Å². The number of halogens is 2. The van der Waals surface area contributed by atoms with Gasteiger partial charge >= 0.3 is 0 Å². The lowest BCUT2D eigenvalue weighted by molar-refractivity contribution is -0.142. The van der Waals surface area contributed by atoms with Crippen LogP contribution in [0.2, 0.25) is 10.0 Å². The largest absolute Gasteiger partial charge is 0.495 e. The molecule has 0 unspecified atom stereocenters. The van der Waals surface area contributed by atoms with Crippen LogP contribution < -0.4 is 9.47 Å². The van der Waals surface area contributed by atoms with Crippen LogP contribution in [0.3, 0.4) is 0 Å². The van der Waals surface area contributed by atoms with Gasteiger partial charge < -0.3 is 37.9 Å². The van der Waals surface area contributed by atoms with E-state index in [0.29, 0.717) is 34.6 Å². The quantitative estimate of drug-likeness (QED) is 0.122. The second-order valence-corrected chi connectivity index (χ2v) is 16.5. The van der Waals surface area contributed by atoms with Gasteiger partial charge in [-0.3, -0.25) is 19.6 Å². The van der Waals surface area contributed by atoms with E-state index in [-0.39, 0.29) is 47.6 Å². The van der Waals surface area contributed by atoms with Crippen molar-refractivity contribution in [2.75, 3.05) is 27.3 Å². The first-order valence-corrected chi connectivity index (χ1v) is 21.5. The van der Waals surface area contributed by atoms with Crippen molar-refractivity contribution in [3.8, 4) is 22.9 Å². The van der Waals surface area contributed by atoms with E-state index >= 15 is 0 Å². The van der Waals surface area contributed by atoms with E-state index in [2.05, 4.69) is 19.9 Å². The molecule has 0 spiro atoms. The summed E-state index contributed by atoms with van der Waals surface area (Å²) >= 11 is 11.9. The molecule has 2 fully saturated rings. The molecule has 64 heavy (non-hydrogen) atoms. The third-order valence-electron chi connectivity index (χ3n) is 10.8. The number of benzene rings is 2. The molecular weight excluding hydrogens is 855 g/mol. The zero-order valence-corrected chi connectivity index (χ0v) is 38.4. The number of methoxy groups -OCH3 is 2. The molecule has 2 aliphatic heterocycles. The average Bonchev–Trinajstić information content (AvgIpc) is 3.93. The van der Waals surface area contributed by atoms with Gasteiger partial charge in [-0.25, -0.2) is 9.97 Å². The first kappa shape index (κ1) is 45.4. The summed E-state index contributed by atoms with van der Waals surface area (Å²) < 4.78 is 26.8. The Morgan fingerprint density at radius 3 is 1.38 bits per heavy atom. The van der Waals surface area contributed by atoms with Crippen LogP contribution in [0.1, 0.15) is 73.7 Å². The molecule has 0 bridgehead atoms. The summed E-state index contributed by atoms with van der Waals surface area (Å²) in [4.78, 5) is 47.3. The van der Waals surface area contributed by atoms with E-state index < -0.39 is 0 Å². The zero-order valence-electron chi connectivity index (χ0n) is 36.9. The van der Waals surface area contributed by atoms with Crippen molar-refractivity contribution >= 4 is 47.2 Å². The van der Waals surface area contributed by atoms with Gasteiger partial charge in [-0.15, -0.1) is 0 Å². The molecule has 2 amide bonds. The van der Waals surface area contributed by atoms with Crippen LogP contribution in [0.15, 0.2) is 110 Å². The Labute approximate surface area is 382 Å². The van der Waals surface area contributed by atoms with Crippen LogP contribution in [0, 0.1) is 13.8 Å². The number of aryl methyl sites for hydroxylation is 2. The summed E-state index contributed by atoms with van der Waals surface area (Å²) in [5.74, 6) is 1.56. The maximum atomic E-state index is 13.2. The highest BCUT2D eigenvalue weighted by Gasteiger charge is 2.35. The Bertz CT molecular complexity index is 2500. The van der Waals surface area contributed by atoms with Crippen molar-refractivity contribution in [3.05, 3.63) is 154 Å². The summed E-state index contributed by atoms with van der Waals surface area (Å²) in [6.07, 6.45) is 13.7. The number of hydrogen-bond donors (Lipinski definition) is 0. The van der Waals surface area contributed by atoms with Gasteiger partial charge in [0.15, 0.2) is 11.5 Å². The van der Waals surface area contributed by atoms with Crippen molar-refractivity contribution < 1.29 is 28.5 Å². The molecule has 0 radical (unpaired) electrons. The third kappa shape index (κ3) is 10.4. The summed E-state index contributed by atoms with van der Waals surface area (Å²) in [6, 6.07) is 18.3. The smallest absolute Gasteiger partial charge is 0.289 e. The minimum absolute atomic E-state index is 0.149. The Morgan fingerprint density at radius 1 is 0.641 bits per heavy atom. The number of hydrogen-bond acceptors (Lipinski definition) is 10. The highest BCUT2D eigenvalue weighted by Crippen LogP contribution is 2.32. The van der Waals surface area contributed by atoms with E-state index in [9.17, 15) is 9.59 Å². The fourth-order valence-corrected chi connectivity index (χ4v) is 7.69. The predicted molar refractivity (Wildman–Crippen MR) is 246 cm³/mol. The highest BCUT2D eigenvalue weighted by atomic mass is 35.5. The molecule has 332 valence electrons. The molecule has 8 rings (SSSR count). The Morgan fingerprint density at radius 2 is 1.05 bits per heavy atom. The van der Waals surface area contributed by atoms with E-state index in [1.54, 1.807) is 73.4 Å². The topological polar surface area (TPSA) is 139 Å². The minimum atomic E-state index is -0.212. The molecule has 4 atom stereocenters. The normalized spacial score (nSPS) is 18.5. The highest BCUT2D eigenvalue weighted by molar-refractivity contribution is 6.30. The maximum Gasteiger partial charge on any atom is 0.289 e. The standard InChI is InChI=1S/2C24H25ClN4O3/c2*1-15-12-28(14-27-15)21-8-5-18(9-22(21)31-4)10-23-24(30)29(13-16(2)32-23)17(3)20-7-6-19(25)11-26-20/h2*5-12,14,16-17H,13H2,1-4H3/b2*23-10-/t16-,17+;16-,17-/m00/s1. The molecule has 0 saturated carbocycles. The number of rotatable bonds is 10. The van der Waals surface area contributed by atoms with Gasteiger partial charge in [0.2, 0.25) is 0 Å². The molecule has 6 aromatic rings. The number of aromatic nitrogens is 6. The number of carbonyl (C=O) groups is 2. The number of imidazole rings is 2. The molecule has 0 aliphatic carbocycles. The molecule has 0 N–H and O–H groups in total. The van der Waals surface area contributed by atoms with Crippen LogP contribution >= 0.6 is 23.2 Å². The fourth-order valence-electron chi connectivity index (χ4n) is 7.46. The number of ether oxygens (including phenoxy) is 4. The van der Waals surface area contributed by atoms with Crippen LogP contribution in [0.4, 0.5) is 0 Å². The van der Waals surface area contributed by atoms with Crippen LogP contribution in [0.25, 0.3) is 23.5 Å². The molecule has 2 aliphatic rings. The lowest BCUT2D eigenvalue weighted by Crippen LogP contribution is -2.45. The monoisotopic (exact) mass is 904 g/mol. The number of amides is 2. The number of nitrogens with zero attached hydrogens (tertiary/aromatic N) is 8. The van der Waals surface area contributed by atoms with E-state index in [4.69, 9.17) is 42.1 Å². The average molecular weight is 906 g/mol. The summed E-state index contributed by atoms with van der Waals surface area (Å²) in [5.41, 5.74) is 6.72. The van der Waals surface area contributed by atoms with Crippen LogP contribution in [0.5, 0.6) is 11.5 Å². The van der Waals surface area contributed by atoms with Gasteiger partial charge in [-0.1, -0.05) is 35.3 Å². The van der Waals surface area contributed by atoms with Crippen LogP contribution in [-0.2, 0) is 19.1 Å². The summed E-state index contributed by atoms with van der Waals surface area (Å²) in [6.45, 7) is 12.6. The van der Waals surface area contributed by atoms with E-state index in [1.165, 1.54) is 0 Å². The fraction of sp³-hybridized carbons (Fsp3) is 0.292. The molecule has 4 aromatic heterocycles. The van der Waals surface area contributed by atoms with Gasteiger partial charge in [-0.2, -0.15) is 0 Å². The number of carbonyl (C=O) groups excluding carboxylic acids is 2. The molecule has 14 nitrogen and oxygen atoms in total. The number of pyridine rings is 2. The van der Waals surface area contributed by atoms with E-state index in [0.717, 1.165) is 45.3 Å². The second-order valence-electron chi connectivity index (χ2n) is 15.7. The molecule has 16 heteroatoms. The van der Waals surface area contributed by atoms with Crippen molar-refractivity contribution in [1.82, 2.24) is 38.9 Å². The lowest BCUT2D eigenvalue weighted by Gasteiger charge is -2.36. The molecule has 2 aromatic carbocycles. The minimum Gasteiger partial charge on any atom is -0.495 e.